The summed E-state index contributed by atoms with van der Waals surface area (Å²) in [6.07, 6.45) is 1.43. The van der Waals surface area contributed by atoms with Crippen LogP contribution in [0.5, 0.6) is 0 Å². The molecule has 0 amide bonds. The fourth-order valence-corrected chi connectivity index (χ4v) is 2.62. The van der Waals surface area contributed by atoms with Crippen LogP contribution in [0.15, 0.2) is 24.3 Å². The second-order valence-electron chi connectivity index (χ2n) is 4.56. The predicted molar refractivity (Wildman–Crippen MR) is 63.2 cm³/mol. The Labute approximate surface area is 96.2 Å². The zero-order valence-electron chi connectivity index (χ0n) is 9.41. The number of rotatable bonds is 2. The maximum absolute atomic E-state index is 5.75. The van der Waals surface area contributed by atoms with Crippen LogP contribution in [0.2, 0.25) is 0 Å². The van der Waals surface area contributed by atoms with Crippen molar-refractivity contribution in [3.8, 4) is 0 Å². The molecule has 1 saturated heterocycles. The van der Waals surface area contributed by atoms with Crippen LogP contribution in [-0.4, -0.2) is 25.8 Å². The first-order valence-corrected chi connectivity index (χ1v) is 6.07. The monoisotopic (exact) mass is 218 g/mol. The van der Waals surface area contributed by atoms with Crippen molar-refractivity contribution in [1.29, 1.82) is 0 Å². The molecule has 2 heterocycles. The summed E-state index contributed by atoms with van der Waals surface area (Å²) in [6, 6.07) is 9.15. The molecule has 0 bridgehead atoms. The molecule has 1 fully saturated rings. The van der Waals surface area contributed by atoms with E-state index < -0.39 is 0 Å². The minimum atomic E-state index is 0.359. The fourth-order valence-electron chi connectivity index (χ4n) is 2.62. The van der Waals surface area contributed by atoms with Crippen molar-refractivity contribution in [3.63, 3.8) is 0 Å². The maximum Gasteiger partial charge on any atom is 0.0718 e. The Bertz CT molecular complexity index is 361. The molecule has 2 aliphatic rings. The Kier molecular flexibility index (Phi) is 2.91. The van der Waals surface area contributed by atoms with Gasteiger partial charge in [-0.05, 0) is 17.5 Å². The molecule has 2 aliphatic heterocycles. The summed E-state index contributed by atoms with van der Waals surface area (Å²) in [7, 11) is 0. The normalized spacial score (nSPS) is 29.0. The molecule has 1 aromatic carbocycles. The Morgan fingerprint density at radius 1 is 1.31 bits per heavy atom. The predicted octanol–water partition coefficient (Wildman–Crippen LogP) is 1.21. The molecule has 16 heavy (non-hydrogen) atoms. The molecule has 3 rings (SSSR count). The Morgan fingerprint density at radius 3 is 3.12 bits per heavy atom. The van der Waals surface area contributed by atoms with Crippen LogP contribution in [0.4, 0.5) is 0 Å². The van der Waals surface area contributed by atoms with Crippen molar-refractivity contribution in [2.24, 2.45) is 0 Å². The second-order valence-corrected chi connectivity index (χ2v) is 4.56. The summed E-state index contributed by atoms with van der Waals surface area (Å²) in [5.41, 5.74) is 2.90. The van der Waals surface area contributed by atoms with Crippen molar-refractivity contribution in [2.75, 3.05) is 19.7 Å². The summed E-state index contributed by atoms with van der Waals surface area (Å²) in [6.45, 7) is 3.82. The molecule has 1 aromatic rings. The number of hydrogen-bond donors (Lipinski definition) is 2. The first-order chi connectivity index (χ1) is 7.93. The maximum atomic E-state index is 5.75. The average Bonchev–Trinajstić information content (AvgIpc) is 2.74. The summed E-state index contributed by atoms with van der Waals surface area (Å²) in [5.74, 6) is 0. The lowest BCUT2D eigenvalue weighted by atomic mass is 10.00. The van der Waals surface area contributed by atoms with E-state index >= 15 is 0 Å². The topological polar surface area (TPSA) is 33.3 Å². The lowest BCUT2D eigenvalue weighted by Crippen LogP contribution is -2.40. The molecule has 2 N–H and O–H groups in total. The molecule has 2 atom stereocenters. The highest BCUT2D eigenvalue weighted by Crippen LogP contribution is 2.29. The quantitative estimate of drug-likeness (QED) is 0.783. The van der Waals surface area contributed by atoms with E-state index in [1.807, 2.05) is 0 Å². The molecular weight excluding hydrogens is 200 g/mol. The number of ether oxygens (including phenoxy) is 1. The van der Waals surface area contributed by atoms with E-state index in [1.165, 1.54) is 11.1 Å². The minimum Gasteiger partial charge on any atom is -0.376 e. The third kappa shape index (κ3) is 1.98. The van der Waals surface area contributed by atoms with Gasteiger partial charge in [-0.2, -0.15) is 0 Å². The third-order valence-electron chi connectivity index (χ3n) is 3.47. The second kappa shape index (κ2) is 4.53. The van der Waals surface area contributed by atoms with E-state index in [0.29, 0.717) is 12.1 Å². The largest absolute Gasteiger partial charge is 0.376 e. The lowest BCUT2D eigenvalue weighted by Gasteiger charge is -2.26. The van der Waals surface area contributed by atoms with Gasteiger partial charge < -0.3 is 15.4 Å². The standard InChI is InChI=1S/C13H18N2O/c1-2-4-12-10(3-1)8-15-13(12)7-11-9-14-5-6-16-11/h1-4,11,13-15H,5-9H2. The number of morpholine rings is 1. The molecule has 0 aliphatic carbocycles. The molecule has 86 valence electrons. The van der Waals surface area contributed by atoms with Crippen LogP contribution < -0.4 is 10.6 Å². The Balaban J connectivity index is 1.68. The van der Waals surface area contributed by atoms with Crippen LogP contribution in [-0.2, 0) is 11.3 Å². The minimum absolute atomic E-state index is 0.359. The van der Waals surface area contributed by atoms with Crippen LogP contribution >= 0.6 is 0 Å². The van der Waals surface area contributed by atoms with Gasteiger partial charge in [-0.1, -0.05) is 24.3 Å². The first-order valence-electron chi connectivity index (χ1n) is 6.07. The number of hydrogen-bond acceptors (Lipinski definition) is 3. The molecule has 3 nitrogen and oxygen atoms in total. The van der Waals surface area contributed by atoms with E-state index in [9.17, 15) is 0 Å². The van der Waals surface area contributed by atoms with Crippen LogP contribution in [0.3, 0.4) is 0 Å². The van der Waals surface area contributed by atoms with Gasteiger partial charge in [-0.3, -0.25) is 0 Å². The van der Waals surface area contributed by atoms with Gasteiger partial charge in [-0.25, -0.2) is 0 Å². The fraction of sp³-hybridized carbons (Fsp3) is 0.538. The van der Waals surface area contributed by atoms with E-state index in [1.54, 1.807) is 0 Å². The molecule has 3 heteroatoms. The average molecular weight is 218 g/mol. The SMILES string of the molecule is c1ccc2c(c1)CNC2CC1CNCCO1. The highest BCUT2D eigenvalue weighted by Gasteiger charge is 2.25. The van der Waals surface area contributed by atoms with Crippen molar-refractivity contribution in [2.45, 2.75) is 25.1 Å². The van der Waals surface area contributed by atoms with E-state index in [-0.39, 0.29) is 0 Å². The summed E-state index contributed by atoms with van der Waals surface area (Å²) >= 11 is 0. The highest BCUT2D eigenvalue weighted by atomic mass is 16.5. The van der Waals surface area contributed by atoms with Gasteiger partial charge in [0.15, 0.2) is 0 Å². The van der Waals surface area contributed by atoms with Gasteiger partial charge in [0.05, 0.1) is 12.7 Å². The molecule has 0 aromatic heterocycles. The Morgan fingerprint density at radius 2 is 2.25 bits per heavy atom. The van der Waals surface area contributed by atoms with Gasteiger partial charge in [0.25, 0.3) is 0 Å². The van der Waals surface area contributed by atoms with Crippen LogP contribution in [0.1, 0.15) is 23.6 Å². The number of fused-ring (bicyclic) bond motifs is 1. The third-order valence-corrected chi connectivity index (χ3v) is 3.47. The summed E-state index contributed by atoms with van der Waals surface area (Å²) in [4.78, 5) is 0. The van der Waals surface area contributed by atoms with Gasteiger partial charge in [-0.15, -0.1) is 0 Å². The van der Waals surface area contributed by atoms with Crippen molar-refractivity contribution in [1.82, 2.24) is 10.6 Å². The van der Waals surface area contributed by atoms with Crippen molar-refractivity contribution < 1.29 is 4.74 Å². The molecule has 0 spiro atoms. The molecule has 2 unspecified atom stereocenters. The number of benzene rings is 1. The summed E-state index contributed by atoms with van der Waals surface area (Å²) < 4.78 is 5.75. The van der Waals surface area contributed by atoms with Gasteiger partial charge >= 0.3 is 0 Å². The van der Waals surface area contributed by atoms with Crippen LogP contribution in [0, 0.1) is 0 Å². The van der Waals surface area contributed by atoms with E-state index in [2.05, 4.69) is 34.9 Å². The van der Waals surface area contributed by atoms with E-state index in [4.69, 9.17) is 4.74 Å². The molecule has 0 saturated carbocycles. The first kappa shape index (κ1) is 10.3. The van der Waals surface area contributed by atoms with Gasteiger partial charge in [0.2, 0.25) is 0 Å². The van der Waals surface area contributed by atoms with Crippen molar-refractivity contribution in [3.05, 3.63) is 35.4 Å². The zero-order chi connectivity index (χ0) is 10.8. The molecular formula is C13H18N2O. The van der Waals surface area contributed by atoms with Gasteiger partial charge in [0.1, 0.15) is 0 Å². The van der Waals surface area contributed by atoms with E-state index in [0.717, 1.165) is 32.7 Å². The molecule has 0 radical (unpaired) electrons. The van der Waals surface area contributed by atoms with Crippen molar-refractivity contribution >= 4 is 0 Å². The smallest absolute Gasteiger partial charge is 0.0718 e. The Hall–Kier alpha value is -0.900. The summed E-state index contributed by atoms with van der Waals surface area (Å²) in [5, 5.41) is 6.94. The van der Waals surface area contributed by atoms with Crippen LogP contribution in [0.25, 0.3) is 0 Å². The lowest BCUT2D eigenvalue weighted by molar-refractivity contribution is 0.0178. The highest BCUT2D eigenvalue weighted by molar-refractivity contribution is 5.33. The number of nitrogens with one attached hydrogen (secondary N) is 2. The van der Waals surface area contributed by atoms with Gasteiger partial charge in [0, 0.05) is 25.7 Å². The zero-order valence-corrected chi connectivity index (χ0v) is 9.41.